The number of nitrogens with zero attached hydrogens (tertiary/aromatic N) is 2. The molecule has 0 spiro atoms. The highest BCUT2D eigenvalue weighted by atomic mass is 127. The van der Waals surface area contributed by atoms with Crippen LogP contribution < -0.4 is 5.32 Å². The van der Waals surface area contributed by atoms with E-state index in [1.165, 1.54) is 16.7 Å². The molecule has 1 aromatic rings. The molecule has 1 aromatic carbocycles. The number of benzene rings is 1. The van der Waals surface area contributed by atoms with Gasteiger partial charge in [0.1, 0.15) is 0 Å². The van der Waals surface area contributed by atoms with Crippen LogP contribution in [0, 0.1) is 19.8 Å². The number of hydrogen-bond acceptors (Lipinski definition) is 3. The Bertz CT molecular complexity index is 566. The van der Waals surface area contributed by atoms with Crippen molar-refractivity contribution in [1.82, 2.24) is 10.2 Å². The van der Waals surface area contributed by atoms with Gasteiger partial charge in [0.2, 0.25) is 0 Å². The molecule has 6 heteroatoms. The molecule has 1 atom stereocenters. The van der Waals surface area contributed by atoms with Gasteiger partial charge in [0, 0.05) is 32.7 Å². The van der Waals surface area contributed by atoms with Crippen LogP contribution in [-0.4, -0.2) is 57.4 Å². The van der Waals surface area contributed by atoms with Gasteiger partial charge >= 0.3 is 0 Å². The van der Waals surface area contributed by atoms with Gasteiger partial charge in [-0.1, -0.05) is 23.8 Å². The van der Waals surface area contributed by atoms with E-state index in [0.29, 0.717) is 19.1 Å². The van der Waals surface area contributed by atoms with E-state index < -0.39 is 0 Å². The Kier molecular flexibility index (Phi) is 11.2. The van der Waals surface area contributed by atoms with Crippen LogP contribution in [0.4, 0.5) is 0 Å². The lowest BCUT2D eigenvalue weighted by molar-refractivity contribution is 0.0536. The van der Waals surface area contributed by atoms with Crippen molar-refractivity contribution in [1.29, 1.82) is 0 Å². The topological polar surface area (TPSA) is 46.1 Å². The fourth-order valence-corrected chi connectivity index (χ4v) is 3.16. The molecule has 5 nitrogen and oxygen atoms in total. The Hall–Kier alpha value is -0.860. The number of methoxy groups -OCH3 is 1. The first-order valence-corrected chi connectivity index (χ1v) is 9.30. The van der Waals surface area contributed by atoms with Gasteiger partial charge in [-0.3, -0.25) is 0 Å². The predicted octanol–water partition coefficient (Wildman–Crippen LogP) is 3.37. The normalized spacial score (nSPS) is 17.3. The van der Waals surface area contributed by atoms with Gasteiger partial charge in [-0.15, -0.1) is 24.0 Å². The molecule has 0 aliphatic carbocycles. The average Bonchev–Trinajstić information content (AvgIpc) is 3.05. The van der Waals surface area contributed by atoms with Crippen LogP contribution in [-0.2, 0) is 16.0 Å². The monoisotopic (exact) mass is 475 g/mol. The number of guanidine groups is 1. The third-order valence-corrected chi connectivity index (χ3v) is 4.60. The first kappa shape index (κ1) is 23.2. The lowest BCUT2D eigenvalue weighted by Crippen LogP contribution is -2.40. The molecule has 1 aliphatic heterocycles. The maximum absolute atomic E-state index is 5.69. The summed E-state index contributed by atoms with van der Waals surface area (Å²) in [7, 11) is 1.70. The molecule has 1 saturated heterocycles. The predicted molar refractivity (Wildman–Crippen MR) is 119 cm³/mol. The Labute approximate surface area is 175 Å². The first-order valence-electron chi connectivity index (χ1n) is 9.30. The van der Waals surface area contributed by atoms with Crippen molar-refractivity contribution in [2.75, 3.05) is 46.6 Å². The molecule has 1 aliphatic rings. The molecule has 1 fully saturated rings. The quantitative estimate of drug-likeness (QED) is 0.271. The molecular formula is C20H34IN3O2. The second-order valence-corrected chi connectivity index (χ2v) is 6.77. The summed E-state index contributed by atoms with van der Waals surface area (Å²) in [5, 5.41) is 3.44. The molecule has 148 valence electrons. The number of nitrogens with one attached hydrogen (secondary N) is 1. The van der Waals surface area contributed by atoms with Gasteiger partial charge in [0.25, 0.3) is 0 Å². The summed E-state index contributed by atoms with van der Waals surface area (Å²) in [5.74, 6) is 1.59. The van der Waals surface area contributed by atoms with Crippen LogP contribution in [0.2, 0.25) is 0 Å². The number of aliphatic imine (C=N–C) groups is 1. The van der Waals surface area contributed by atoms with Gasteiger partial charge < -0.3 is 19.7 Å². The van der Waals surface area contributed by atoms with E-state index in [-0.39, 0.29) is 24.0 Å². The summed E-state index contributed by atoms with van der Waals surface area (Å²) < 4.78 is 10.7. The highest BCUT2D eigenvalue weighted by Crippen LogP contribution is 2.17. The van der Waals surface area contributed by atoms with Crippen LogP contribution in [0.1, 0.15) is 30.0 Å². The fourth-order valence-electron chi connectivity index (χ4n) is 3.16. The molecule has 1 unspecified atom stereocenters. The zero-order valence-corrected chi connectivity index (χ0v) is 18.9. The van der Waals surface area contributed by atoms with Gasteiger partial charge in [0.05, 0.1) is 26.4 Å². The number of ether oxygens (including phenoxy) is 2. The lowest BCUT2D eigenvalue weighted by atomic mass is 10.1. The minimum atomic E-state index is 0. The molecule has 0 bridgehead atoms. The zero-order valence-electron chi connectivity index (χ0n) is 16.6. The smallest absolute Gasteiger partial charge is 0.194 e. The maximum Gasteiger partial charge on any atom is 0.194 e. The van der Waals surface area contributed by atoms with Gasteiger partial charge in [-0.25, -0.2) is 4.99 Å². The maximum atomic E-state index is 5.69. The lowest BCUT2D eigenvalue weighted by Gasteiger charge is -2.22. The molecule has 0 saturated carbocycles. The molecule has 26 heavy (non-hydrogen) atoms. The van der Waals surface area contributed by atoms with Crippen molar-refractivity contribution >= 4 is 29.9 Å². The molecule has 0 radical (unpaired) electrons. The third kappa shape index (κ3) is 7.40. The Morgan fingerprint density at radius 2 is 2.12 bits per heavy atom. The number of hydrogen-bond donors (Lipinski definition) is 1. The summed E-state index contributed by atoms with van der Waals surface area (Å²) in [6.45, 7) is 12.2. The average molecular weight is 475 g/mol. The summed E-state index contributed by atoms with van der Waals surface area (Å²) in [6, 6.07) is 6.57. The van der Waals surface area contributed by atoms with Gasteiger partial charge in [-0.05, 0) is 38.3 Å². The largest absolute Gasteiger partial charge is 0.382 e. The molecule has 1 N–H and O–H groups in total. The van der Waals surface area contributed by atoms with Crippen molar-refractivity contribution in [2.24, 2.45) is 10.9 Å². The number of likely N-dealkylation sites (tertiary alicyclic amines) is 1. The van der Waals surface area contributed by atoms with Crippen LogP contribution >= 0.6 is 24.0 Å². The van der Waals surface area contributed by atoms with Crippen molar-refractivity contribution < 1.29 is 9.47 Å². The van der Waals surface area contributed by atoms with Crippen LogP contribution in [0.25, 0.3) is 0 Å². The molecule has 2 rings (SSSR count). The van der Waals surface area contributed by atoms with E-state index in [0.717, 1.165) is 45.2 Å². The summed E-state index contributed by atoms with van der Waals surface area (Å²) >= 11 is 0. The number of halogens is 1. The van der Waals surface area contributed by atoms with Crippen molar-refractivity contribution in [2.45, 2.75) is 33.7 Å². The number of aryl methyl sites for hydroxylation is 2. The minimum Gasteiger partial charge on any atom is -0.382 e. The summed E-state index contributed by atoms with van der Waals surface area (Å²) in [4.78, 5) is 7.23. The summed E-state index contributed by atoms with van der Waals surface area (Å²) in [5.41, 5.74) is 3.90. The Morgan fingerprint density at radius 3 is 2.81 bits per heavy atom. The van der Waals surface area contributed by atoms with Crippen LogP contribution in [0.3, 0.4) is 0 Å². The fraction of sp³-hybridized carbons (Fsp3) is 0.650. The van der Waals surface area contributed by atoms with E-state index in [2.05, 4.69) is 49.2 Å². The molecule has 0 amide bonds. The van der Waals surface area contributed by atoms with Gasteiger partial charge in [0.15, 0.2) is 5.96 Å². The molecular weight excluding hydrogens is 441 g/mol. The van der Waals surface area contributed by atoms with E-state index in [1.54, 1.807) is 7.11 Å². The standard InChI is InChI=1S/C20H33N3O2.HI/c1-5-21-20(22-13-19-7-6-16(2)12-17(19)3)23-9-8-18(14-23)15-25-11-10-24-4;/h6-7,12,18H,5,8-11,13-15H2,1-4H3,(H,21,22);1H. The van der Waals surface area contributed by atoms with Crippen molar-refractivity contribution in [3.63, 3.8) is 0 Å². The van der Waals surface area contributed by atoms with Gasteiger partial charge in [-0.2, -0.15) is 0 Å². The molecule has 1 heterocycles. The first-order chi connectivity index (χ1) is 12.1. The Balaban J connectivity index is 0.00000338. The zero-order chi connectivity index (χ0) is 18.1. The van der Waals surface area contributed by atoms with Crippen LogP contribution in [0.5, 0.6) is 0 Å². The van der Waals surface area contributed by atoms with E-state index in [4.69, 9.17) is 14.5 Å². The third-order valence-electron chi connectivity index (χ3n) is 4.60. The highest BCUT2D eigenvalue weighted by molar-refractivity contribution is 14.0. The minimum absolute atomic E-state index is 0. The highest BCUT2D eigenvalue weighted by Gasteiger charge is 2.24. The SMILES string of the molecule is CCNC(=NCc1ccc(C)cc1C)N1CCC(COCCOC)C1.I. The van der Waals surface area contributed by atoms with Crippen molar-refractivity contribution in [3.05, 3.63) is 34.9 Å². The Morgan fingerprint density at radius 1 is 1.31 bits per heavy atom. The van der Waals surface area contributed by atoms with Crippen molar-refractivity contribution in [3.8, 4) is 0 Å². The second-order valence-electron chi connectivity index (χ2n) is 6.77. The summed E-state index contributed by atoms with van der Waals surface area (Å²) in [6.07, 6.45) is 1.15. The van der Waals surface area contributed by atoms with E-state index in [9.17, 15) is 0 Å². The van der Waals surface area contributed by atoms with E-state index in [1.807, 2.05) is 0 Å². The molecule has 0 aromatic heterocycles. The van der Waals surface area contributed by atoms with E-state index >= 15 is 0 Å². The number of rotatable bonds is 8. The second kappa shape index (κ2) is 12.5. The van der Waals surface area contributed by atoms with Crippen LogP contribution in [0.15, 0.2) is 23.2 Å².